The number of piperidine rings is 1. The molecule has 0 bridgehead atoms. The third kappa shape index (κ3) is 2.14. The number of likely N-dealkylation sites (tertiary alicyclic amines) is 1. The number of carbonyl (C=O) groups excluding carboxylic acids is 3. The highest BCUT2D eigenvalue weighted by Gasteiger charge is 2.33. The minimum absolute atomic E-state index is 0.0533. The number of carbonyl (C=O) groups is 3. The van der Waals surface area contributed by atoms with Gasteiger partial charge in [0.1, 0.15) is 6.04 Å². The molecule has 4 N–H and O–H groups in total. The van der Waals surface area contributed by atoms with Gasteiger partial charge in [-0.25, -0.2) is 0 Å². The van der Waals surface area contributed by atoms with Crippen molar-refractivity contribution in [1.29, 1.82) is 0 Å². The highest BCUT2D eigenvalue weighted by molar-refractivity contribution is 6.02. The van der Waals surface area contributed by atoms with Gasteiger partial charge in [-0.15, -0.1) is 5.10 Å². The lowest BCUT2D eigenvalue weighted by Crippen LogP contribution is -2.53. The van der Waals surface area contributed by atoms with Gasteiger partial charge in [-0.1, -0.05) is 0 Å². The van der Waals surface area contributed by atoms with Crippen LogP contribution in [0.15, 0.2) is 0 Å². The molecule has 1 unspecified atom stereocenters. The Morgan fingerprint density at radius 2 is 2.28 bits per heavy atom. The molecule has 96 valence electrons. The van der Waals surface area contributed by atoms with E-state index in [0.717, 1.165) is 4.90 Å². The van der Waals surface area contributed by atoms with Crippen LogP contribution in [-0.2, 0) is 9.59 Å². The number of amides is 3. The monoisotopic (exact) mass is 252 g/mol. The maximum atomic E-state index is 11.7. The van der Waals surface area contributed by atoms with Crippen LogP contribution in [0.3, 0.4) is 0 Å². The third-order valence-corrected chi connectivity index (χ3v) is 2.67. The quantitative estimate of drug-likeness (QED) is 0.535. The minimum Gasteiger partial charge on any atom is -0.366 e. The predicted octanol–water partition coefficient (Wildman–Crippen LogP) is -1.74. The molecule has 2 rings (SSSR count). The number of hydrogen-bond acceptors (Lipinski definition) is 6. The molecule has 1 atom stereocenters. The fourth-order valence-electron chi connectivity index (χ4n) is 1.65. The van der Waals surface area contributed by atoms with Gasteiger partial charge in [-0.05, 0) is 6.42 Å². The highest BCUT2D eigenvalue weighted by atomic mass is 16.2. The first-order valence-corrected chi connectivity index (χ1v) is 5.28. The number of aromatic nitrogens is 3. The summed E-state index contributed by atoms with van der Waals surface area (Å²) in [5.41, 5.74) is 5.26. The summed E-state index contributed by atoms with van der Waals surface area (Å²) < 4.78 is 0. The van der Waals surface area contributed by atoms with E-state index in [2.05, 4.69) is 20.5 Å². The molecule has 0 saturated carbocycles. The summed E-state index contributed by atoms with van der Waals surface area (Å²) in [5, 5.41) is 8.33. The molecule has 0 aliphatic carbocycles. The van der Waals surface area contributed by atoms with E-state index in [4.69, 9.17) is 5.73 Å². The van der Waals surface area contributed by atoms with E-state index in [1.165, 1.54) is 7.05 Å². The van der Waals surface area contributed by atoms with Crippen molar-refractivity contribution in [1.82, 2.24) is 25.4 Å². The number of imide groups is 1. The van der Waals surface area contributed by atoms with E-state index in [1.807, 2.05) is 0 Å². The van der Waals surface area contributed by atoms with Crippen LogP contribution in [0, 0.1) is 0 Å². The fourth-order valence-corrected chi connectivity index (χ4v) is 1.65. The molecule has 1 aromatic heterocycles. The summed E-state index contributed by atoms with van der Waals surface area (Å²) in [7, 11) is 1.38. The summed E-state index contributed by atoms with van der Waals surface area (Å²) in [4.78, 5) is 39.3. The third-order valence-electron chi connectivity index (χ3n) is 2.67. The van der Waals surface area contributed by atoms with Crippen molar-refractivity contribution in [2.24, 2.45) is 0 Å². The summed E-state index contributed by atoms with van der Waals surface area (Å²) in [6, 6.07) is -0.730. The molecule has 18 heavy (non-hydrogen) atoms. The molecular formula is C9H12N6O3. The van der Waals surface area contributed by atoms with Gasteiger partial charge in [0, 0.05) is 13.5 Å². The second-order valence-corrected chi connectivity index (χ2v) is 3.90. The van der Waals surface area contributed by atoms with Crippen LogP contribution in [0.2, 0.25) is 0 Å². The zero-order valence-electron chi connectivity index (χ0n) is 9.64. The smallest absolute Gasteiger partial charge is 0.289 e. The number of nitrogen functional groups attached to an aromatic ring is 1. The van der Waals surface area contributed by atoms with Gasteiger partial charge in [0.05, 0.1) is 0 Å². The Kier molecular flexibility index (Phi) is 2.96. The molecule has 0 spiro atoms. The van der Waals surface area contributed by atoms with Crippen molar-refractivity contribution in [3.8, 4) is 0 Å². The second-order valence-electron chi connectivity index (χ2n) is 3.90. The number of nitrogens with zero attached hydrogens (tertiary/aromatic N) is 3. The van der Waals surface area contributed by atoms with Crippen molar-refractivity contribution in [2.45, 2.75) is 18.9 Å². The molecule has 0 aromatic carbocycles. The van der Waals surface area contributed by atoms with Crippen LogP contribution in [0.4, 0.5) is 5.95 Å². The maximum Gasteiger partial charge on any atom is 0.289 e. The molecule has 1 aliphatic rings. The number of rotatable bonds is 2. The van der Waals surface area contributed by atoms with Crippen molar-refractivity contribution in [3.05, 3.63) is 5.82 Å². The number of nitrogens with two attached hydrogens (primary N) is 1. The topological polar surface area (TPSA) is 134 Å². The summed E-state index contributed by atoms with van der Waals surface area (Å²) >= 11 is 0. The van der Waals surface area contributed by atoms with Gasteiger partial charge in [0.25, 0.3) is 11.8 Å². The molecule has 1 fully saturated rings. The lowest BCUT2D eigenvalue weighted by Gasteiger charge is -2.27. The van der Waals surface area contributed by atoms with Gasteiger partial charge < -0.3 is 11.1 Å². The van der Waals surface area contributed by atoms with Crippen molar-refractivity contribution >= 4 is 23.7 Å². The number of nitrogens with one attached hydrogen (secondary N) is 2. The summed E-state index contributed by atoms with van der Waals surface area (Å²) in [6.45, 7) is 0. The first-order chi connectivity index (χ1) is 8.49. The molecule has 1 aromatic rings. The Balaban J connectivity index is 2.04. The molecular weight excluding hydrogens is 240 g/mol. The number of aromatic amines is 1. The average Bonchev–Trinajstić information content (AvgIpc) is 2.77. The Morgan fingerprint density at radius 1 is 1.56 bits per heavy atom. The Hall–Kier alpha value is -2.45. The number of hydrogen-bond donors (Lipinski definition) is 3. The lowest BCUT2D eigenvalue weighted by atomic mass is 10.0. The average molecular weight is 252 g/mol. The van der Waals surface area contributed by atoms with Gasteiger partial charge in [0.15, 0.2) is 0 Å². The van der Waals surface area contributed by atoms with Crippen molar-refractivity contribution < 1.29 is 14.4 Å². The first-order valence-electron chi connectivity index (χ1n) is 5.28. The Labute approximate surface area is 102 Å². The van der Waals surface area contributed by atoms with E-state index in [9.17, 15) is 14.4 Å². The molecule has 9 nitrogen and oxygen atoms in total. The summed E-state index contributed by atoms with van der Waals surface area (Å²) in [5.74, 6) is -1.40. The molecule has 2 heterocycles. The van der Waals surface area contributed by atoms with Crippen LogP contribution in [0.1, 0.15) is 23.5 Å². The largest absolute Gasteiger partial charge is 0.366 e. The molecule has 0 radical (unpaired) electrons. The van der Waals surface area contributed by atoms with Gasteiger partial charge in [-0.2, -0.15) is 4.98 Å². The highest BCUT2D eigenvalue weighted by Crippen LogP contribution is 2.11. The number of likely N-dealkylation sites (N-methyl/N-ethyl adjacent to an activating group) is 1. The molecule has 9 heteroatoms. The van der Waals surface area contributed by atoms with Crippen molar-refractivity contribution in [2.75, 3.05) is 12.8 Å². The zero-order chi connectivity index (χ0) is 13.3. The molecule has 3 amide bonds. The number of anilines is 1. The number of H-pyrrole nitrogens is 1. The van der Waals surface area contributed by atoms with Crippen LogP contribution in [-0.4, -0.2) is 50.9 Å². The van der Waals surface area contributed by atoms with Crippen LogP contribution < -0.4 is 11.1 Å². The Bertz CT molecular complexity index is 510. The lowest BCUT2D eigenvalue weighted by molar-refractivity contribution is -0.147. The normalized spacial score (nSPS) is 20.1. The van der Waals surface area contributed by atoms with E-state index in [0.29, 0.717) is 0 Å². The maximum absolute atomic E-state index is 11.7. The van der Waals surface area contributed by atoms with E-state index in [1.54, 1.807) is 0 Å². The Morgan fingerprint density at radius 3 is 2.89 bits per heavy atom. The molecule has 1 aliphatic heterocycles. The van der Waals surface area contributed by atoms with Crippen molar-refractivity contribution in [3.63, 3.8) is 0 Å². The standard InChI is InChI=1S/C9H12N6O3/c1-15-5(16)3-2-4(8(15)18)11-7(17)6-12-9(10)14-13-6/h4H,2-3H2,1H3,(H,11,17)(H3,10,12,13,14). The molecule has 1 saturated heterocycles. The van der Waals surface area contributed by atoms with E-state index < -0.39 is 17.9 Å². The van der Waals surface area contributed by atoms with Gasteiger partial charge in [-0.3, -0.25) is 24.4 Å². The van der Waals surface area contributed by atoms with Gasteiger partial charge in [0.2, 0.25) is 17.7 Å². The van der Waals surface area contributed by atoms with Crippen LogP contribution >= 0.6 is 0 Å². The minimum atomic E-state index is -0.730. The fraction of sp³-hybridized carbons (Fsp3) is 0.444. The van der Waals surface area contributed by atoms with E-state index in [-0.39, 0.29) is 30.5 Å². The van der Waals surface area contributed by atoms with Crippen LogP contribution in [0.5, 0.6) is 0 Å². The SMILES string of the molecule is CN1C(=O)CCC(NC(=O)c2nc(N)n[nH]2)C1=O. The first kappa shape index (κ1) is 12.0. The van der Waals surface area contributed by atoms with E-state index >= 15 is 0 Å². The predicted molar refractivity (Wildman–Crippen MR) is 59.1 cm³/mol. The van der Waals surface area contributed by atoms with Gasteiger partial charge >= 0.3 is 0 Å². The van der Waals surface area contributed by atoms with Crippen LogP contribution in [0.25, 0.3) is 0 Å². The summed E-state index contributed by atoms with van der Waals surface area (Å²) in [6.07, 6.45) is 0.489. The second kappa shape index (κ2) is 4.43. The zero-order valence-corrected chi connectivity index (χ0v) is 9.64.